The molecule has 1 aromatic carbocycles. The normalized spacial score (nSPS) is 12.9. The Morgan fingerprint density at radius 3 is 2.63 bits per heavy atom. The van der Waals surface area contributed by atoms with E-state index in [1.807, 2.05) is 25.1 Å². The summed E-state index contributed by atoms with van der Waals surface area (Å²) in [5, 5.41) is 0. The molecule has 0 aromatic heterocycles. The van der Waals surface area contributed by atoms with E-state index in [-0.39, 0.29) is 5.97 Å². The summed E-state index contributed by atoms with van der Waals surface area (Å²) in [6, 6.07) is 5.09. The summed E-state index contributed by atoms with van der Waals surface area (Å²) in [5.74, 6) is 0.345. The molecule has 19 heavy (non-hydrogen) atoms. The van der Waals surface area contributed by atoms with E-state index in [1.165, 1.54) is 7.11 Å². The lowest BCUT2D eigenvalue weighted by atomic mass is 9.80. The minimum Gasteiger partial charge on any atom is -0.494 e. The van der Waals surface area contributed by atoms with Crippen molar-refractivity contribution in [2.24, 2.45) is 11.1 Å². The van der Waals surface area contributed by atoms with E-state index >= 15 is 0 Å². The Labute approximate surface area is 122 Å². The Bertz CT molecular complexity index is 460. The number of hydrogen-bond acceptors (Lipinski definition) is 4. The third kappa shape index (κ3) is 3.48. The van der Waals surface area contributed by atoms with Gasteiger partial charge in [-0.1, -0.05) is 15.9 Å². The Morgan fingerprint density at radius 1 is 1.47 bits per heavy atom. The van der Waals surface area contributed by atoms with Crippen LogP contribution in [0.5, 0.6) is 5.75 Å². The fourth-order valence-electron chi connectivity index (χ4n) is 1.83. The average molecular weight is 330 g/mol. The number of ether oxygens (including phenoxy) is 2. The van der Waals surface area contributed by atoms with Crippen molar-refractivity contribution < 1.29 is 14.3 Å². The van der Waals surface area contributed by atoms with E-state index in [0.29, 0.717) is 12.4 Å². The molecule has 106 valence electrons. The molecule has 0 aliphatic heterocycles. The van der Waals surface area contributed by atoms with Gasteiger partial charge in [-0.25, -0.2) is 0 Å². The second kappa shape index (κ2) is 6.39. The van der Waals surface area contributed by atoms with Crippen LogP contribution in [0.3, 0.4) is 0 Å². The van der Waals surface area contributed by atoms with E-state index in [9.17, 15) is 4.79 Å². The van der Waals surface area contributed by atoms with Gasteiger partial charge in [-0.05, 0) is 39.0 Å². The Morgan fingerprint density at radius 2 is 2.11 bits per heavy atom. The Hall–Kier alpha value is -1.07. The van der Waals surface area contributed by atoms with Crippen molar-refractivity contribution in [2.75, 3.05) is 13.7 Å². The summed E-state index contributed by atoms with van der Waals surface area (Å²) in [6.07, 6.45) is 0. The third-order valence-electron chi connectivity index (χ3n) is 3.10. The average Bonchev–Trinajstić information content (AvgIpc) is 2.39. The molecule has 1 rings (SSSR count). The van der Waals surface area contributed by atoms with Gasteiger partial charge in [-0.15, -0.1) is 0 Å². The van der Waals surface area contributed by atoms with Crippen molar-refractivity contribution in [3.05, 3.63) is 28.2 Å². The second-order valence-corrected chi connectivity index (χ2v) is 5.72. The van der Waals surface area contributed by atoms with E-state index < -0.39 is 11.5 Å². The van der Waals surface area contributed by atoms with Crippen molar-refractivity contribution in [1.29, 1.82) is 0 Å². The molecule has 1 atom stereocenters. The van der Waals surface area contributed by atoms with E-state index in [4.69, 9.17) is 15.2 Å². The molecule has 0 heterocycles. The van der Waals surface area contributed by atoms with Crippen molar-refractivity contribution in [3.63, 3.8) is 0 Å². The monoisotopic (exact) mass is 329 g/mol. The molecule has 4 nitrogen and oxygen atoms in total. The number of hydrogen-bond donors (Lipinski definition) is 1. The zero-order valence-corrected chi connectivity index (χ0v) is 13.3. The lowest BCUT2D eigenvalue weighted by Crippen LogP contribution is -2.37. The predicted molar refractivity (Wildman–Crippen MR) is 78.0 cm³/mol. The highest BCUT2D eigenvalue weighted by atomic mass is 79.9. The molecule has 5 heteroatoms. The van der Waals surface area contributed by atoms with Crippen LogP contribution in [0.25, 0.3) is 0 Å². The number of benzene rings is 1. The van der Waals surface area contributed by atoms with Gasteiger partial charge in [0.2, 0.25) is 0 Å². The number of esters is 1. The summed E-state index contributed by atoms with van der Waals surface area (Å²) < 4.78 is 11.3. The highest BCUT2D eigenvalue weighted by Crippen LogP contribution is 2.38. The largest absolute Gasteiger partial charge is 0.494 e. The van der Waals surface area contributed by atoms with Gasteiger partial charge < -0.3 is 15.2 Å². The number of nitrogens with two attached hydrogens (primary N) is 1. The Balaban J connectivity index is 3.20. The molecule has 0 amide bonds. The summed E-state index contributed by atoms with van der Waals surface area (Å²) >= 11 is 3.41. The summed E-state index contributed by atoms with van der Waals surface area (Å²) in [6.45, 7) is 5.98. The van der Waals surface area contributed by atoms with Crippen LogP contribution in [0.4, 0.5) is 0 Å². The van der Waals surface area contributed by atoms with Crippen LogP contribution in [-0.4, -0.2) is 19.7 Å². The van der Waals surface area contributed by atoms with Crippen LogP contribution in [0.15, 0.2) is 22.7 Å². The van der Waals surface area contributed by atoms with Gasteiger partial charge in [0.15, 0.2) is 0 Å². The van der Waals surface area contributed by atoms with Gasteiger partial charge >= 0.3 is 5.97 Å². The lowest BCUT2D eigenvalue weighted by Gasteiger charge is -2.30. The number of carbonyl (C=O) groups excluding carboxylic acids is 1. The molecule has 0 bridgehead atoms. The zero-order valence-electron chi connectivity index (χ0n) is 11.7. The van der Waals surface area contributed by atoms with Gasteiger partial charge in [-0.3, -0.25) is 4.79 Å². The second-order valence-electron chi connectivity index (χ2n) is 4.81. The van der Waals surface area contributed by atoms with Crippen LogP contribution in [-0.2, 0) is 9.53 Å². The standard InChI is InChI=1S/C14H20BrNO3/c1-5-19-11-7-6-9(15)8-10(11)12(16)14(2,3)13(17)18-4/h6-8,12H,5,16H2,1-4H3/t12-/m1/s1. The molecule has 0 saturated heterocycles. The zero-order chi connectivity index (χ0) is 14.6. The molecule has 0 unspecified atom stereocenters. The smallest absolute Gasteiger partial charge is 0.313 e. The summed E-state index contributed by atoms with van der Waals surface area (Å²) in [5.41, 5.74) is 6.20. The highest BCUT2D eigenvalue weighted by molar-refractivity contribution is 9.10. The minimum atomic E-state index is -0.832. The molecule has 0 radical (unpaired) electrons. The molecule has 0 saturated carbocycles. The van der Waals surface area contributed by atoms with Gasteiger partial charge in [0.05, 0.1) is 19.1 Å². The van der Waals surface area contributed by atoms with Crippen molar-refractivity contribution in [2.45, 2.75) is 26.8 Å². The number of methoxy groups -OCH3 is 1. The van der Waals surface area contributed by atoms with E-state index in [2.05, 4.69) is 15.9 Å². The van der Waals surface area contributed by atoms with Crippen LogP contribution in [0, 0.1) is 5.41 Å². The first-order chi connectivity index (χ1) is 8.84. The Kier molecular flexibility index (Phi) is 5.38. The van der Waals surface area contributed by atoms with Gasteiger partial charge in [-0.2, -0.15) is 0 Å². The maximum absolute atomic E-state index is 11.8. The predicted octanol–water partition coefficient (Wildman–Crippen LogP) is 3.05. The molecule has 0 aliphatic rings. The van der Waals surface area contributed by atoms with Crippen LogP contribution in [0.2, 0.25) is 0 Å². The molecule has 0 fully saturated rings. The molecular weight excluding hydrogens is 310 g/mol. The van der Waals surface area contributed by atoms with Crippen molar-refractivity contribution >= 4 is 21.9 Å². The first-order valence-corrected chi connectivity index (χ1v) is 6.90. The minimum absolute atomic E-state index is 0.345. The lowest BCUT2D eigenvalue weighted by molar-refractivity contribution is -0.152. The van der Waals surface area contributed by atoms with Crippen LogP contribution in [0.1, 0.15) is 32.4 Å². The first kappa shape index (κ1) is 16.0. The summed E-state index contributed by atoms with van der Waals surface area (Å²) in [4.78, 5) is 11.8. The van der Waals surface area contributed by atoms with E-state index in [1.54, 1.807) is 13.8 Å². The fourth-order valence-corrected chi connectivity index (χ4v) is 2.21. The highest BCUT2D eigenvalue weighted by Gasteiger charge is 2.38. The molecule has 0 aliphatic carbocycles. The maximum atomic E-state index is 11.8. The topological polar surface area (TPSA) is 61.5 Å². The van der Waals surface area contributed by atoms with Gasteiger partial charge in [0.25, 0.3) is 0 Å². The molecule has 1 aromatic rings. The molecule has 2 N–H and O–H groups in total. The number of halogens is 1. The summed E-state index contributed by atoms with van der Waals surface area (Å²) in [7, 11) is 1.36. The van der Waals surface area contributed by atoms with Crippen LogP contribution >= 0.6 is 15.9 Å². The van der Waals surface area contributed by atoms with Crippen molar-refractivity contribution in [1.82, 2.24) is 0 Å². The van der Waals surface area contributed by atoms with Gasteiger partial charge in [0, 0.05) is 16.1 Å². The first-order valence-electron chi connectivity index (χ1n) is 6.10. The SMILES string of the molecule is CCOc1ccc(Br)cc1[C@@H](N)C(C)(C)C(=O)OC. The maximum Gasteiger partial charge on any atom is 0.313 e. The van der Waals surface area contributed by atoms with E-state index in [0.717, 1.165) is 10.0 Å². The van der Waals surface area contributed by atoms with Gasteiger partial charge in [0.1, 0.15) is 5.75 Å². The van der Waals surface area contributed by atoms with Crippen molar-refractivity contribution in [3.8, 4) is 5.75 Å². The number of rotatable bonds is 5. The quantitative estimate of drug-likeness (QED) is 0.843. The fraction of sp³-hybridized carbons (Fsp3) is 0.500. The molecule has 0 spiro atoms. The van der Waals surface area contributed by atoms with Crippen LogP contribution < -0.4 is 10.5 Å². The third-order valence-corrected chi connectivity index (χ3v) is 3.59. The number of carbonyl (C=O) groups is 1. The molecular formula is C14H20BrNO3.